The standard InChI is InChI=1S/C19H15F3N4O4/c20-10-1-2-14-12(3-10)18(28)26(19(29)25-14)16(9-7-30-8-9)17(27)24-6-15-13(22)4-11(21)5-23-15/h1-5,9,16H,6-8H2,(H,24,27)(H,25,29). The van der Waals surface area contributed by atoms with Crippen LogP contribution in [0.4, 0.5) is 13.2 Å². The van der Waals surface area contributed by atoms with Gasteiger partial charge in [-0.3, -0.25) is 14.6 Å². The minimum atomic E-state index is -1.27. The van der Waals surface area contributed by atoms with Crippen LogP contribution in [-0.4, -0.2) is 33.7 Å². The van der Waals surface area contributed by atoms with E-state index >= 15 is 0 Å². The normalized spacial score (nSPS) is 15.0. The molecule has 3 heterocycles. The maximum absolute atomic E-state index is 13.8. The molecule has 2 N–H and O–H groups in total. The molecule has 1 aliphatic heterocycles. The van der Waals surface area contributed by atoms with Crippen LogP contribution in [0.25, 0.3) is 10.9 Å². The van der Waals surface area contributed by atoms with Crippen LogP contribution in [-0.2, 0) is 16.1 Å². The summed E-state index contributed by atoms with van der Waals surface area (Å²) in [4.78, 5) is 44.4. The van der Waals surface area contributed by atoms with Crippen molar-refractivity contribution in [2.45, 2.75) is 12.6 Å². The summed E-state index contributed by atoms with van der Waals surface area (Å²) in [5, 5.41) is 2.32. The molecule has 3 aromatic rings. The molecule has 1 aliphatic rings. The number of benzene rings is 1. The van der Waals surface area contributed by atoms with E-state index in [0.29, 0.717) is 10.6 Å². The van der Waals surface area contributed by atoms with Crippen molar-refractivity contribution in [3.8, 4) is 0 Å². The number of nitrogens with zero attached hydrogens (tertiary/aromatic N) is 2. The Morgan fingerprint density at radius 2 is 2.00 bits per heavy atom. The molecule has 11 heteroatoms. The van der Waals surface area contributed by atoms with Crippen molar-refractivity contribution < 1.29 is 22.7 Å². The van der Waals surface area contributed by atoms with Crippen molar-refractivity contribution in [2.75, 3.05) is 13.2 Å². The summed E-state index contributed by atoms with van der Waals surface area (Å²) >= 11 is 0. The maximum Gasteiger partial charge on any atom is 0.329 e. The van der Waals surface area contributed by atoms with E-state index in [0.717, 1.165) is 18.3 Å². The molecule has 1 fully saturated rings. The molecule has 4 rings (SSSR count). The number of H-pyrrole nitrogens is 1. The van der Waals surface area contributed by atoms with E-state index in [1.54, 1.807) is 0 Å². The van der Waals surface area contributed by atoms with Crippen molar-refractivity contribution in [2.24, 2.45) is 5.92 Å². The Hall–Kier alpha value is -3.47. The SMILES string of the molecule is O=C(NCc1ncc(F)cc1F)C(C1COC1)n1c(=O)[nH]c2ccc(F)cc2c1=O. The highest BCUT2D eigenvalue weighted by atomic mass is 19.1. The van der Waals surface area contributed by atoms with Crippen LogP contribution in [0.2, 0.25) is 0 Å². The van der Waals surface area contributed by atoms with Gasteiger partial charge in [-0.05, 0) is 18.2 Å². The van der Waals surface area contributed by atoms with E-state index < -0.39 is 46.6 Å². The van der Waals surface area contributed by atoms with Gasteiger partial charge in [-0.25, -0.2) is 22.5 Å². The fourth-order valence-corrected chi connectivity index (χ4v) is 3.28. The van der Waals surface area contributed by atoms with E-state index in [-0.39, 0.29) is 36.4 Å². The van der Waals surface area contributed by atoms with Gasteiger partial charge in [0.05, 0.1) is 42.6 Å². The molecule has 0 spiro atoms. The summed E-state index contributed by atoms with van der Waals surface area (Å²) in [5.41, 5.74) is -1.77. The number of hydrogen-bond acceptors (Lipinski definition) is 5. The van der Waals surface area contributed by atoms with Crippen LogP contribution in [0.3, 0.4) is 0 Å². The number of hydrogen-bond donors (Lipinski definition) is 2. The predicted octanol–water partition coefficient (Wildman–Crippen LogP) is 1.01. The van der Waals surface area contributed by atoms with Crippen molar-refractivity contribution in [3.63, 3.8) is 0 Å². The highest BCUT2D eigenvalue weighted by molar-refractivity contribution is 5.82. The third-order valence-corrected chi connectivity index (χ3v) is 4.86. The van der Waals surface area contributed by atoms with Gasteiger partial charge in [-0.1, -0.05) is 0 Å². The molecule has 1 aromatic carbocycles. The number of amides is 1. The lowest BCUT2D eigenvalue weighted by Crippen LogP contribution is -2.51. The molecule has 1 unspecified atom stereocenters. The zero-order valence-corrected chi connectivity index (χ0v) is 15.3. The minimum absolute atomic E-state index is 0.0983. The minimum Gasteiger partial charge on any atom is -0.380 e. The number of pyridine rings is 1. The second-order valence-corrected chi connectivity index (χ2v) is 6.84. The van der Waals surface area contributed by atoms with Crippen LogP contribution in [0.15, 0.2) is 40.1 Å². The van der Waals surface area contributed by atoms with Crippen molar-refractivity contribution in [3.05, 3.63) is 74.4 Å². The lowest BCUT2D eigenvalue weighted by Gasteiger charge is -2.33. The van der Waals surface area contributed by atoms with E-state index in [9.17, 15) is 27.6 Å². The Morgan fingerprint density at radius 1 is 1.23 bits per heavy atom. The Bertz CT molecular complexity index is 1250. The molecule has 1 saturated heterocycles. The zero-order valence-electron chi connectivity index (χ0n) is 15.3. The lowest BCUT2D eigenvalue weighted by atomic mass is 9.96. The monoisotopic (exact) mass is 420 g/mol. The summed E-state index contributed by atoms with van der Waals surface area (Å²) in [6.07, 6.45) is 0.801. The Kier molecular flexibility index (Phi) is 5.12. The quantitative estimate of drug-likeness (QED) is 0.641. The average molecular weight is 420 g/mol. The molecule has 2 aromatic heterocycles. The number of aromatic amines is 1. The number of carbonyl (C=O) groups excluding carboxylic acids is 1. The molecule has 0 bridgehead atoms. The van der Waals surface area contributed by atoms with Crippen LogP contribution in [0.1, 0.15) is 11.7 Å². The number of rotatable bonds is 5. The average Bonchev–Trinajstić information content (AvgIpc) is 2.65. The Labute approximate surface area is 166 Å². The zero-order chi connectivity index (χ0) is 21.4. The molecule has 0 saturated carbocycles. The van der Waals surface area contributed by atoms with Crippen molar-refractivity contribution >= 4 is 16.8 Å². The van der Waals surface area contributed by atoms with E-state index in [1.807, 2.05) is 0 Å². The molecular weight excluding hydrogens is 405 g/mol. The number of aromatic nitrogens is 3. The first kappa shape index (κ1) is 19.8. The summed E-state index contributed by atoms with van der Waals surface area (Å²) in [7, 11) is 0. The van der Waals surface area contributed by atoms with E-state index in [4.69, 9.17) is 4.74 Å². The van der Waals surface area contributed by atoms with Gasteiger partial charge in [0.2, 0.25) is 5.91 Å². The second kappa shape index (κ2) is 7.75. The number of carbonyl (C=O) groups is 1. The third-order valence-electron chi connectivity index (χ3n) is 4.86. The molecule has 0 aliphatic carbocycles. The van der Waals surface area contributed by atoms with Gasteiger partial charge in [0.1, 0.15) is 23.5 Å². The largest absolute Gasteiger partial charge is 0.380 e. The first-order valence-corrected chi connectivity index (χ1v) is 8.94. The smallest absolute Gasteiger partial charge is 0.329 e. The summed E-state index contributed by atoms with van der Waals surface area (Å²) < 4.78 is 46.2. The summed E-state index contributed by atoms with van der Waals surface area (Å²) in [5.74, 6) is -3.74. The molecule has 1 amide bonds. The molecule has 0 radical (unpaired) electrons. The highest BCUT2D eigenvalue weighted by Crippen LogP contribution is 2.24. The van der Waals surface area contributed by atoms with Crippen LogP contribution in [0.5, 0.6) is 0 Å². The Balaban J connectivity index is 1.70. The third kappa shape index (κ3) is 3.59. The molecular formula is C19H15F3N4O4. The predicted molar refractivity (Wildman–Crippen MR) is 98.1 cm³/mol. The van der Waals surface area contributed by atoms with Crippen molar-refractivity contribution in [1.29, 1.82) is 0 Å². The summed E-state index contributed by atoms with van der Waals surface area (Å²) in [6, 6.07) is 2.66. The van der Waals surface area contributed by atoms with Crippen LogP contribution in [0, 0.1) is 23.4 Å². The van der Waals surface area contributed by atoms with Gasteiger partial charge >= 0.3 is 5.69 Å². The molecule has 8 nitrogen and oxygen atoms in total. The fourth-order valence-electron chi connectivity index (χ4n) is 3.28. The lowest BCUT2D eigenvalue weighted by molar-refractivity contribution is -0.134. The van der Waals surface area contributed by atoms with E-state index in [2.05, 4.69) is 15.3 Å². The van der Waals surface area contributed by atoms with Crippen LogP contribution < -0.4 is 16.6 Å². The van der Waals surface area contributed by atoms with Gasteiger partial charge < -0.3 is 15.0 Å². The van der Waals surface area contributed by atoms with Gasteiger partial charge in [0.25, 0.3) is 5.56 Å². The number of ether oxygens (including phenoxy) is 1. The second-order valence-electron chi connectivity index (χ2n) is 6.84. The van der Waals surface area contributed by atoms with E-state index in [1.165, 1.54) is 6.07 Å². The molecule has 1 atom stereocenters. The fraction of sp³-hybridized carbons (Fsp3) is 0.263. The van der Waals surface area contributed by atoms with Crippen molar-refractivity contribution in [1.82, 2.24) is 19.9 Å². The Morgan fingerprint density at radius 3 is 2.67 bits per heavy atom. The number of nitrogens with one attached hydrogen (secondary N) is 2. The topological polar surface area (TPSA) is 106 Å². The molecule has 156 valence electrons. The number of fused-ring (bicyclic) bond motifs is 1. The van der Waals surface area contributed by atoms with Gasteiger partial charge in [0.15, 0.2) is 0 Å². The first-order chi connectivity index (χ1) is 14.3. The summed E-state index contributed by atoms with van der Waals surface area (Å²) in [6.45, 7) is -0.146. The van der Waals surface area contributed by atoms with Gasteiger partial charge in [-0.15, -0.1) is 0 Å². The van der Waals surface area contributed by atoms with Gasteiger partial charge in [-0.2, -0.15) is 0 Å². The first-order valence-electron chi connectivity index (χ1n) is 8.94. The highest BCUT2D eigenvalue weighted by Gasteiger charge is 2.37. The number of halogens is 3. The van der Waals surface area contributed by atoms with Crippen LogP contribution >= 0.6 is 0 Å². The maximum atomic E-state index is 13.8. The van der Waals surface area contributed by atoms with Gasteiger partial charge in [0, 0.05) is 12.0 Å². The molecule has 30 heavy (non-hydrogen) atoms.